The molecule has 0 unspecified atom stereocenters. The van der Waals surface area contributed by atoms with Crippen LogP contribution in [0.3, 0.4) is 0 Å². The van der Waals surface area contributed by atoms with Crippen LogP contribution in [0.15, 0.2) is 66.0 Å². The molecular formula is C22H11FS2. The summed E-state index contributed by atoms with van der Waals surface area (Å²) < 4.78 is 16.0. The van der Waals surface area contributed by atoms with Crippen LogP contribution in [-0.2, 0) is 0 Å². The average molecular weight is 358 g/mol. The van der Waals surface area contributed by atoms with Gasteiger partial charge in [-0.1, -0.05) is 24.3 Å². The van der Waals surface area contributed by atoms with Gasteiger partial charge in [0.2, 0.25) is 0 Å². The second-order valence-electron chi connectivity index (χ2n) is 6.42. The first-order valence-electron chi connectivity index (χ1n) is 8.12. The molecule has 0 aliphatic carbocycles. The Morgan fingerprint density at radius 1 is 0.560 bits per heavy atom. The molecule has 0 nitrogen and oxygen atoms in total. The zero-order valence-corrected chi connectivity index (χ0v) is 14.7. The first-order valence-corrected chi connectivity index (χ1v) is 9.81. The van der Waals surface area contributed by atoms with Crippen LogP contribution < -0.4 is 0 Å². The quantitative estimate of drug-likeness (QED) is 0.244. The third kappa shape index (κ3) is 1.91. The van der Waals surface area contributed by atoms with E-state index >= 15 is 0 Å². The van der Waals surface area contributed by atoms with Gasteiger partial charge >= 0.3 is 0 Å². The summed E-state index contributed by atoms with van der Waals surface area (Å²) in [6.07, 6.45) is 0. The maximum absolute atomic E-state index is 13.6. The predicted molar refractivity (Wildman–Crippen MR) is 110 cm³/mol. The monoisotopic (exact) mass is 358 g/mol. The Labute approximate surface area is 150 Å². The molecule has 0 radical (unpaired) electrons. The number of halogens is 1. The van der Waals surface area contributed by atoms with Crippen molar-refractivity contribution in [2.45, 2.75) is 0 Å². The van der Waals surface area contributed by atoms with Gasteiger partial charge in [0.15, 0.2) is 5.13 Å². The van der Waals surface area contributed by atoms with Crippen molar-refractivity contribution in [2.24, 2.45) is 0 Å². The van der Waals surface area contributed by atoms with Gasteiger partial charge in [-0.05, 0) is 84.9 Å². The van der Waals surface area contributed by atoms with Crippen molar-refractivity contribution >= 4 is 75.2 Å². The lowest BCUT2D eigenvalue weighted by Crippen LogP contribution is -1.81. The van der Waals surface area contributed by atoms with Crippen molar-refractivity contribution in [3.05, 3.63) is 71.2 Å². The number of thiophene rings is 2. The lowest BCUT2D eigenvalue weighted by atomic mass is 9.96. The van der Waals surface area contributed by atoms with Crippen molar-refractivity contribution in [2.75, 3.05) is 0 Å². The molecule has 118 valence electrons. The maximum Gasteiger partial charge on any atom is 0.177 e. The van der Waals surface area contributed by atoms with Gasteiger partial charge in [-0.15, -0.1) is 22.7 Å². The molecule has 0 atom stereocenters. The van der Waals surface area contributed by atoms with Gasteiger partial charge in [0, 0.05) is 9.40 Å². The first-order chi connectivity index (χ1) is 12.3. The summed E-state index contributed by atoms with van der Waals surface area (Å²) in [5.41, 5.74) is 0. The lowest BCUT2D eigenvalue weighted by Gasteiger charge is -2.08. The standard InChI is InChI=1S/C22H11FS2/c23-22-11-15-8-19-13(10-21(15)25-22)2-4-16-17(19)3-1-12-9-20-14(5-6-24-20)7-18(12)16/h1-11H. The topological polar surface area (TPSA) is 0 Å². The van der Waals surface area contributed by atoms with E-state index in [1.807, 2.05) is 0 Å². The minimum atomic E-state index is -0.125. The van der Waals surface area contributed by atoms with Crippen molar-refractivity contribution in [3.63, 3.8) is 0 Å². The fourth-order valence-corrected chi connectivity index (χ4v) is 5.47. The van der Waals surface area contributed by atoms with E-state index < -0.39 is 0 Å². The fourth-order valence-electron chi connectivity index (χ4n) is 3.83. The molecule has 0 spiro atoms. The molecule has 0 saturated heterocycles. The van der Waals surface area contributed by atoms with Crippen LogP contribution in [-0.4, -0.2) is 0 Å². The van der Waals surface area contributed by atoms with E-state index in [0.717, 1.165) is 15.5 Å². The largest absolute Gasteiger partial charge is 0.195 e. The summed E-state index contributed by atoms with van der Waals surface area (Å²) in [6, 6.07) is 21.4. The Kier molecular flexibility index (Phi) is 2.63. The van der Waals surface area contributed by atoms with Gasteiger partial charge in [0.25, 0.3) is 0 Å². The Balaban J connectivity index is 1.81. The highest BCUT2D eigenvalue weighted by atomic mass is 32.1. The van der Waals surface area contributed by atoms with Gasteiger partial charge < -0.3 is 0 Å². The third-order valence-electron chi connectivity index (χ3n) is 5.01. The maximum atomic E-state index is 13.6. The summed E-state index contributed by atoms with van der Waals surface area (Å²) >= 11 is 2.99. The van der Waals surface area contributed by atoms with Gasteiger partial charge in [0.1, 0.15) is 0 Å². The highest BCUT2D eigenvalue weighted by Gasteiger charge is 2.09. The molecule has 25 heavy (non-hydrogen) atoms. The van der Waals surface area contributed by atoms with Crippen molar-refractivity contribution in [1.29, 1.82) is 0 Å². The smallest absolute Gasteiger partial charge is 0.177 e. The summed E-state index contributed by atoms with van der Waals surface area (Å²) in [5.74, 6) is 0. The SMILES string of the molecule is Fc1cc2cc3c(ccc4c5cc6ccsc6cc5ccc34)cc2s1. The van der Waals surface area contributed by atoms with Crippen LogP contribution in [0.4, 0.5) is 4.39 Å². The average Bonchev–Trinajstić information content (AvgIpc) is 3.21. The molecule has 0 saturated carbocycles. The third-order valence-corrected chi connectivity index (χ3v) is 6.78. The predicted octanol–water partition coefficient (Wildman–Crippen LogP) is 7.71. The normalized spacial score (nSPS) is 12.2. The molecule has 6 rings (SSSR count). The Hall–Kier alpha value is -2.49. The molecule has 6 aromatic rings. The van der Waals surface area contributed by atoms with Crippen LogP contribution in [0.5, 0.6) is 0 Å². The van der Waals surface area contributed by atoms with Crippen LogP contribution in [0, 0.1) is 5.13 Å². The molecule has 0 bridgehead atoms. The molecule has 4 aromatic carbocycles. The van der Waals surface area contributed by atoms with Gasteiger partial charge in [-0.3, -0.25) is 0 Å². The van der Waals surface area contributed by atoms with E-state index in [0.29, 0.717) is 0 Å². The number of rotatable bonds is 0. The summed E-state index contributed by atoms with van der Waals surface area (Å²) in [5, 5.41) is 11.7. The molecule has 0 amide bonds. The second-order valence-corrected chi connectivity index (χ2v) is 8.40. The van der Waals surface area contributed by atoms with Crippen LogP contribution in [0.1, 0.15) is 0 Å². The molecule has 0 fully saturated rings. The molecule has 0 aliphatic heterocycles. The zero-order chi connectivity index (χ0) is 16.5. The van der Waals surface area contributed by atoms with Gasteiger partial charge in [0.05, 0.1) is 0 Å². The van der Waals surface area contributed by atoms with E-state index in [1.54, 1.807) is 17.4 Å². The number of hydrogen-bond acceptors (Lipinski definition) is 2. The molecular weight excluding hydrogens is 347 g/mol. The van der Waals surface area contributed by atoms with E-state index in [9.17, 15) is 4.39 Å². The first kappa shape index (κ1) is 13.8. The highest BCUT2D eigenvalue weighted by molar-refractivity contribution is 7.17. The molecule has 0 N–H and O–H groups in total. The summed E-state index contributed by atoms with van der Waals surface area (Å²) in [6.45, 7) is 0. The van der Waals surface area contributed by atoms with E-state index in [2.05, 4.69) is 60.0 Å². The van der Waals surface area contributed by atoms with Crippen molar-refractivity contribution in [1.82, 2.24) is 0 Å². The highest BCUT2D eigenvalue weighted by Crippen LogP contribution is 2.37. The Morgan fingerprint density at radius 2 is 1.24 bits per heavy atom. The lowest BCUT2D eigenvalue weighted by molar-refractivity contribution is 0.658. The van der Waals surface area contributed by atoms with E-state index in [1.165, 1.54) is 48.4 Å². The number of fused-ring (bicyclic) bond motifs is 7. The second kappa shape index (κ2) is 4.78. The van der Waals surface area contributed by atoms with E-state index in [4.69, 9.17) is 0 Å². The van der Waals surface area contributed by atoms with Gasteiger partial charge in [-0.2, -0.15) is 4.39 Å². The number of benzene rings is 4. The Bertz CT molecular complexity index is 1450. The van der Waals surface area contributed by atoms with Crippen molar-refractivity contribution in [3.8, 4) is 0 Å². The molecule has 2 heterocycles. The summed E-state index contributed by atoms with van der Waals surface area (Å²) in [7, 11) is 0. The van der Waals surface area contributed by atoms with Crippen LogP contribution >= 0.6 is 22.7 Å². The zero-order valence-electron chi connectivity index (χ0n) is 13.0. The van der Waals surface area contributed by atoms with E-state index in [-0.39, 0.29) is 5.13 Å². The fraction of sp³-hybridized carbons (Fsp3) is 0. The van der Waals surface area contributed by atoms with Crippen LogP contribution in [0.25, 0.3) is 52.5 Å². The molecule has 3 heteroatoms. The Morgan fingerprint density at radius 3 is 2.00 bits per heavy atom. The number of hydrogen-bond donors (Lipinski definition) is 0. The molecule has 2 aromatic heterocycles. The molecule has 0 aliphatic rings. The minimum Gasteiger partial charge on any atom is -0.195 e. The van der Waals surface area contributed by atoms with Crippen molar-refractivity contribution < 1.29 is 4.39 Å². The minimum absolute atomic E-state index is 0.125. The van der Waals surface area contributed by atoms with Crippen LogP contribution in [0.2, 0.25) is 0 Å². The summed E-state index contributed by atoms with van der Waals surface area (Å²) in [4.78, 5) is 0. The van der Waals surface area contributed by atoms with Gasteiger partial charge in [-0.25, -0.2) is 0 Å².